The predicted octanol–water partition coefficient (Wildman–Crippen LogP) is 4.13. The third-order valence-electron chi connectivity index (χ3n) is 5.70. The van der Waals surface area contributed by atoms with Crippen molar-refractivity contribution in [3.05, 3.63) is 41.0 Å². The smallest absolute Gasteiger partial charge is 0.404 e. The Morgan fingerprint density at radius 2 is 2.23 bits per heavy atom. The Hall–Kier alpha value is -2.94. The maximum atomic E-state index is 12.5. The van der Waals surface area contributed by atoms with Crippen LogP contribution in [0.3, 0.4) is 0 Å². The molecule has 4 N–H and O–H groups in total. The Morgan fingerprint density at radius 3 is 3.07 bits per heavy atom. The number of anilines is 1. The molecule has 0 radical (unpaired) electrons. The van der Waals surface area contributed by atoms with E-state index in [4.69, 9.17) is 5.11 Å². The number of thiazole rings is 1. The minimum Gasteiger partial charge on any atom is -0.465 e. The monoisotopic (exact) mass is 427 g/mol. The van der Waals surface area contributed by atoms with Crippen molar-refractivity contribution in [2.75, 3.05) is 5.32 Å². The molecule has 3 aromatic rings. The summed E-state index contributed by atoms with van der Waals surface area (Å²) in [6.07, 6.45) is 3.21. The number of fused-ring (bicyclic) bond motifs is 1. The number of nitrogens with one attached hydrogen (secondary N) is 3. The van der Waals surface area contributed by atoms with Gasteiger partial charge in [-0.25, -0.2) is 9.78 Å². The van der Waals surface area contributed by atoms with Gasteiger partial charge < -0.3 is 15.7 Å². The summed E-state index contributed by atoms with van der Waals surface area (Å²) in [6, 6.07) is 7.73. The molecule has 1 aliphatic carbocycles. The second-order valence-electron chi connectivity index (χ2n) is 8.01. The molecule has 1 unspecified atom stereocenters. The second kappa shape index (κ2) is 8.83. The number of carbonyl (C=O) groups excluding carboxylic acids is 1. The fraction of sp³-hybridized carbons (Fsp3) is 0.429. The molecule has 1 fully saturated rings. The maximum Gasteiger partial charge on any atom is 0.404 e. The van der Waals surface area contributed by atoms with Gasteiger partial charge in [0, 0.05) is 23.7 Å². The number of benzene rings is 1. The van der Waals surface area contributed by atoms with Gasteiger partial charge in [-0.1, -0.05) is 12.1 Å². The van der Waals surface area contributed by atoms with E-state index in [9.17, 15) is 9.59 Å². The van der Waals surface area contributed by atoms with Crippen molar-refractivity contribution in [1.82, 2.24) is 20.5 Å². The molecule has 2 heterocycles. The number of para-hydroxylation sites is 1. The molecule has 2 aromatic heterocycles. The molecule has 0 bridgehead atoms. The summed E-state index contributed by atoms with van der Waals surface area (Å²) in [5.41, 5.74) is 4.60. The van der Waals surface area contributed by atoms with E-state index >= 15 is 0 Å². The summed E-state index contributed by atoms with van der Waals surface area (Å²) in [7, 11) is 0. The highest BCUT2D eigenvalue weighted by molar-refractivity contribution is 7.16. The highest BCUT2D eigenvalue weighted by Crippen LogP contribution is 2.40. The van der Waals surface area contributed by atoms with Crippen LogP contribution in [0.4, 0.5) is 10.6 Å². The lowest BCUT2D eigenvalue weighted by Crippen LogP contribution is -2.32. The van der Waals surface area contributed by atoms with Crippen molar-refractivity contribution >= 4 is 39.4 Å². The largest absolute Gasteiger partial charge is 0.465 e. The fourth-order valence-electron chi connectivity index (χ4n) is 4.40. The van der Waals surface area contributed by atoms with Crippen molar-refractivity contribution in [2.24, 2.45) is 5.92 Å². The lowest BCUT2D eigenvalue weighted by atomic mass is 9.96. The Kier molecular flexibility index (Phi) is 5.98. The number of nitrogens with zero attached hydrogens (tertiary/aromatic N) is 2. The fourth-order valence-corrected chi connectivity index (χ4v) is 5.12. The van der Waals surface area contributed by atoms with E-state index in [1.807, 2.05) is 31.2 Å². The molecular formula is C21H25N5O3S. The van der Waals surface area contributed by atoms with Crippen LogP contribution in [0.25, 0.3) is 10.2 Å². The van der Waals surface area contributed by atoms with Crippen LogP contribution in [0.15, 0.2) is 29.8 Å². The Balaban J connectivity index is 1.31. The first-order valence-electron chi connectivity index (χ1n) is 10.1. The second-order valence-corrected chi connectivity index (χ2v) is 8.90. The molecule has 2 amide bonds. The van der Waals surface area contributed by atoms with E-state index in [0.717, 1.165) is 47.2 Å². The Morgan fingerprint density at radius 1 is 1.37 bits per heavy atom. The third kappa shape index (κ3) is 4.79. The van der Waals surface area contributed by atoms with E-state index in [-0.39, 0.29) is 18.4 Å². The molecule has 0 aliphatic heterocycles. The summed E-state index contributed by atoms with van der Waals surface area (Å²) in [6.45, 7) is 1.90. The van der Waals surface area contributed by atoms with Gasteiger partial charge in [-0.15, -0.1) is 11.3 Å². The molecule has 4 rings (SSSR count). The quantitative estimate of drug-likeness (QED) is 0.452. The minimum atomic E-state index is -0.975. The number of aromatic nitrogens is 3. The van der Waals surface area contributed by atoms with Crippen LogP contribution in [0.2, 0.25) is 0 Å². The van der Waals surface area contributed by atoms with Crippen LogP contribution >= 0.6 is 11.3 Å². The molecule has 1 aliphatic rings. The van der Waals surface area contributed by atoms with Crippen LogP contribution < -0.4 is 10.6 Å². The molecule has 8 nitrogen and oxygen atoms in total. The van der Waals surface area contributed by atoms with Crippen LogP contribution in [0.5, 0.6) is 0 Å². The van der Waals surface area contributed by atoms with Crippen molar-refractivity contribution in [3.8, 4) is 0 Å². The van der Waals surface area contributed by atoms with Crippen molar-refractivity contribution in [3.63, 3.8) is 0 Å². The van der Waals surface area contributed by atoms with Crippen LogP contribution in [0.1, 0.15) is 49.8 Å². The summed E-state index contributed by atoms with van der Waals surface area (Å²) in [5.74, 6) is 1.25. The normalized spacial score (nSPS) is 19.6. The average Bonchev–Trinajstić information content (AvgIpc) is 3.41. The molecular weight excluding hydrogens is 402 g/mol. The van der Waals surface area contributed by atoms with Gasteiger partial charge in [-0.3, -0.25) is 9.89 Å². The van der Waals surface area contributed by atoms with E-state index in [1.54, 1.807) is 16.8 Å². The number of amides is 2. The molecule has 30 heavy (non-hydrogen) atoms. The number of hydrogen-bond acceptors (Lipinski definition) is 5. The lowest BCUT2D eigenvalue weighted by molar-refractivity contribution is -0.115. The number of H-pyrrole nitrogens is 1. The molecule has 0 saturated heterocycles. The molecule has 158 valence electrons. The minimum absolute atomic E-state index is 0.0509. The van der Waals surface area contributed by atoms with Gasteiger partial charge in [-0.05, 0) is 50.2 Å². The number of aromatic amines is 1. The first-order chi connectivity index (χ1) is 14.5. The standard InChI is InChI=1S/C21H25N5O3S/c1-12(23-21(28)29)7-13-5-6-14(8-13)16-10-18(26-25-16)24-19(27)9-15-3-2-4-17-20(15)22-11-30-17/h2-4,10-14,23H,5-9H2,1H3,(H,28,29)(H2,24,25,26,27)/t12?,13-,14-/m0/s1. The summed E-state index contributed by atoms with van der Waals surface area (Å²) in [5, 5.41) is 21.6. The lowest BCUT2D eigenvalue weighted by Gasteiger charge is -2.16. The first kappa shape index (κ1) is 20.3. The Bertz CT molecular complexity index is 1050. The van der Waals surface area contributed by atoms with Crippen molar-refractivity contribution in [1.29, 1.82) is 0 Å². The van der Waals surface area contributed by atoms with Gasteiger partial charge in [0.1, 0.15) is 0 Å². The third-order valence-corrected chi connectivity index (χ3v) is 6.49. The SMILES string of the molecule is CC(C[C@@H]1CC[C@H](c2cc(NC(=O)Cc3cccc4scnc34)n[nH]2)C1)NC(=O)O. The van der Waals surface area contributed by atoms with E-state index < -0.39 is 6.09 Å². The number of hydrogen-bond donors (Lipinski definition) is 4. The maximum absolute atomic E-state index is 12.5. The van der Waals surface area contributed by atoms with Crippen LogP contribution in [0, 0.1) is 5.92 Å². The van der Waals surface area contributed by atoms with Crippen LogP contribution in [-0.2, 0) is 11.2 Å². The van der Waals surface area contributed by atoms with Gasteiger partial charge in [0.25, 0.3) is 0 Å². The topological polar surface area (TPSA) is 120 Å². The number of rotatable bonds is 7. The highest BCUT2D eigenvalue weighted by Gasteiger charge is 2.28. The van der Waals surface area contributed by atoms with E-state index in [2.05, 4.69) is 25.8 Å². The molecule has 0 spiro atoms. The van der Waals surface area contributed by atoms with Gasteiger partial charge in [0.15, 0.2) is 5.82 Å². The van der Waals surface area contributed by atoms with E-state index in [1.165, 1.54) is 0 Å². The number of carbonyl (C=O) groups is 2. The van der Waals surface area contributed by atoms with Gasteiger partial charge in [-0.2, -0.15) is 5.10 Å². The summed E-state index contributed by atoms with van der Waals surface area (Å²) < 4.78 is 1.08. The zero-order chi connectivity index (χ0) is 21.1. The van der Waals surface area contributed by atoms with Gasteiger partial charge in [0.2, 0.25) is 5.91 Å². The zero-order valence-corrected chi connectivity index (χ0v) is 17.5. The summed E-state index contributed by atoms with van der Waals surface area (Å²) in [4.78, 5) is 27.6. The van der Waals surface area contributed by atoms with Gasteiger partial charge >= 0.3 is 6.09 Å². The number of carboxylic acid groups (broad SMARTS) is 1. The predicted molar refractivity (Wildman–Crippen MR) is 116 cm³/mol. The zero-order valence-electron chi connectivity index (χ0n) is 16.7. The summed E-state index contributed by atoms with van der Waals surface area (Å²) >= 11 is 1.56. The Labute approximate surface area is 178 Å². The van der Waals surface area contributed by atoms with Crippen molar-refractivity contribution in [2.45, 2.75) is 51.0 Å². The van der Waals surface area contributed by atoms with E-state index in [0.29, 0.717) is 17.7 Å². The van der Waals surface area contributed by atoms with Gasteiger partial charge in [0.05, 0.1) is 22.1 Å². The molecule has 9 heteroatoms. The first-order valence-corrected chi connectivity index (χ1v) is 11.0. The van der Waals surface area contributed by atoms with Crippen LogP contribution in [-0.4, -0.2) is 38.3 Å². The highest BCUT2D eigenvalue weighted by atomic mass is 32.1. The van der Waals surface area contributed by atoms with Crippen molar-refractivity contribution < 1.29 is 14.7 Å². The molecule has 1 saturated carbocycles. The molecule has 3 atom stereocenters. The molecule has 1 aromatic carbocycles. The average molecular weight is 428 g/mol.